The lowest BCUT2D eigenvalue weighted by molar-refractivity contribution is -0.154. The Morgan fingerprint density at radius 3 is 2.61 bits per heavy atom. The molecule has 0 saturated heterocycles. The summed E-state index contributed by atoms with van der Waals surface area (Å²) >= 11 is 3.40. The van der Waals surface area contributed by atoms with Crippen LogP contribution in [0.15, 0.2) is 41.0 Å². The summed E-state index contributed by atoms with van der Waals surface area (Å²) in [4.78, 5) is 15.8. The predicted molar refractivity (Wildman–Crippen MR) is 100 cm³/mol. The molecule has 0 bridgehead atoms. The van der Waals surface area contributed by atoms with Crippen molar-refractivity contribution in [3.8, 4) is 11.6 Å². The SMILES string of the molecule is COc1ccc(C(C)NC(=O)NCc2ccc(OCC(F)(F)F)nc2)cc1Br. The lowest BCUT2D eigenvalue weighted by Crippen LogP contribution is -2.36. The third-order valence-electron chi connectivity index (χ3n) is 3.66. The summed E-state index contributed by atoms with van der Waals surface area (Å²) in [6.45, 7) is 0.596. The quantitative estimate of drug-likeness (QED) is 0.642. The number of halogens is 4. The molecule has 2 aromatic rings. The second kappa shape index (κ2) is 9.63. The monoisotopic (exact) mass is 461 g/mol. The van der Waals surface area contributed by atoms with Crippen LogP contribution >= 0.6 is 15.9 Å². The molecule has 0 radical (unpaired) electrons. The molecule has 28 heavy (non-hydrogen) atoms. The number of urea groups is 1. The maximum Gasteiger partial charge on any atom is 0.422 e. The van der Waals surface area contributed by atoms with E-state index in [1.54, 1.807) is 13.2 Å². The van der Waals surface area contributed by atoms with Gasteiger partial charge in [-0.3, -0.25) is 0 Å². The molecule has 1 unspecified atom stereocenters. The van der Waals surface area contributed by atoms with Gasteiger partial charge < -0.3 is 20.1 Å². The van der Waals surface area contributed by atoms with E-state index in [2.05, 4.69) is 36.3 Å². The van der Waals surface area contributed by atoms with E-state index >= 15 is 0 Å². The van der Waals surface area contributed by atoms with E-state index in [1.807, 2.05) is 19.1 Å². The molecule has 0 fully saturated rings. The van der Waals surface area contributed by atoms with E-state index in [0.717, 1.165) is 10.0 Å². The topological polar surface area (TPSA) is 72.5 Å². The van der Waals surface area contributed by atoms with Crippen LogP contribution in [-0.2, 0) is 6.54 Å². The highest BCUT2D eigenvalue weighted by molar-refractivity contribution is 9.10. The highest BCUT2D eigenvalue weighted by Crippen LogP contribution is 2.27. The fourth-order valence-electron chi connectivity index (χ4n) is 2.22. The third-order valence-corrected chi connectivity index (χ3v) is 4.28. The first-order chi connectivity index (χ1) is 13.2. The third kappa shape index (κ3) is 6.91. The number of amides is 2. The van der Waals surface area contributed by atoms with Gasteiger partial charge in [0.15, 0.2) is 6.61 Å². The number of pyridine rings is 1. The summed E-state index contributed by atoms with van der Waals surface area (Å²) in [5.41, 5.74) is 1.50. The van der Waals surface area contributed by atoms with E-state index in [9.17, 15) is 18.0 Å². The Morgan fingerprint density at radius 2 is 2.04 bits per heavy atom. The average Bonchev–Trinajstić information content (AvgIpc) is 2.64. The molecule has 1 heterocycles. The predicted octanol–water partition coefficient (Wildman–Crippen LogP) is 4.35. The van der Waals surface area contributed by atoms with Crippen LogP contribution < -0.4 is 20.1 Å². The number of aromatic nitrogens is 1. The summed E-state index contributed by atoms with van der Waals surface area (Å²) in [6, 6.07) is 7.70. The first kappa shape index (κ1) is 21.8. The molecule has 0 spiro atoms. The Morgan fingerprint density at radius 1 is 1.29 bits per heavy atom. The highest BCUT2D eigenvalue weighted by atomic mass is 79.9. The zero-order valence-electron chi connectivity index (χ0n) is 15.1. The number of alkyl halides is 3. The zero-order chi connectivity index (χ0) is 20.7. The minimum atomic E-state index is -4.42. The molecule has 1 aromatic carbocycles. The minimum absolute atomic E-state index is 0.135. The summed E-state index contributed by atoms with van der Waals surface area (Å²) in [7, 11) is 1.57. The molecule has 0 saturated carbocycles. The van der Waals surface area contributed by atoms with Crippen LogP contribution in [0.5, 0.6) is 11.6 Å². The second-order valence-electron chi connectivity index (χ2n) is 5.85. The number of hydrogen-bond acceptors (Lipinski definition) is 4. The molecule has 10 heteroatoms. The van der Waals surface area contributed by atoms with Crippen molar-refractivity contribution in [3.05, 3.63) is 52.1 Å². The number of methoxy groups -OCH3 is 1. The standard InChI is InChI=1S/C18H19BrF3N3O3/c1-11(13-4-5-15(27-2)14(19)7-13)25-17(26)24-9-12-3-6-16(23-8-12)28-10-18(20,21)22/h3-8,11H,9-10H2,1-2H3,(H2,24,25,26). The Bertz CT molecular complexity index is 801. The smallest absolute Gasteiger partial charge is 0.422 e. The van der Waals surface area contributed by atoms with Crippen molar-refractivity contribution in [3.63, 3.8) is 0 Å². The van der Waals surface area contributed by atoms with Gasteiger partial charge >= 0.3 is 12.2 Å². The minimum Gasteiger partial charge on any atom is -0.496 e. The van der Waals surface area contributed by atoms with Crippen molar-refractivity contribution in [1.82, 2.24) is 15.6 Å². The number of nitrogens with zero attached hydrogens (tertiary/aromatic N) is 1. The van der Waals surface area contributed by atoms with Gasteiger partial charge in [-0.15, -0.1) is 0 Å². The lowest BCUT2D eigenvalue weighted by Gasteiger charge is -2.16. The van der Waals surface area contributed by atoms with Gasteiger partial charge in [0.25, 0.3) is 0 Å². The van der Waals surface area contributed by atoms with Crippen LogP contribution in [0.3, 0.4) is 0 Å². The zero-order valence-corrected chi connectivity index (χ0v) is 16.7. The van der Waals surface area contributed by atoms with Crippen LogP contribution in [0.2, 0.25) is 0 Å². The molecule has 2 N–H and O–H groups in total. The van der Waals surface area contributed by atoms with Gasteiger partial charge in [0, 0.05) is 18.8 Å². The van der Waals surface area contributed by atoms with Gasteiger partial charge in [-0.1, -0.05) is 12.1 Å². The second-order valence-corrected chi connectivity index (χ2v) is 6.71. The molecule has 2 amide bonds. The Labute approximate surface area is 168 Å². The number of hydrogen-bond donors (Lipinski definition) is 2. The van der Waals surface area contributed by atoms with E-state index in [-0.39, 0.29) is 18.5 Å². The van der Waals surface area contributed by atoms with E-state index in [4.69, 9.17) is 4.74 Å². The van der Waals surface area contributed by atoms with Gasteiger partial charge in [0.1, 0.15) is 5.75 Å². The van der Waals surface area contributed by atoms with Crippen LogP contribution in [-0.4, -0.2) is 30.9 Å². The van der Waals surface area contributed by atoms with Crippen molar-refractivity contribution in [2.24, 2.45) is 0 Å². The van der Waals surface area contributed by atoms with Crippen LogP contribution in [0.25, 0.3) is 0 Å². The molecule has 152 valence electrons. The largest absolute Gasteiger partial charge is 0.496 e. The summed E-state index contributed by atoms with van der Waals surface area (Å²) in [5.74, 6) is 0.555. The molecule has 2 rings (SSSR count). The number of carbonyl (C=O) groups excluding carboxylic acids is 1. The number of benzene rings is 1. The Hall–Kier alpha value is -2.49. The number of nitrogens with one attached hydrogen (secondary N) is 2. The number of ether oxygens (including phenoxy) is 2. The van der Waals surface area contributed by atoms with Gasteiger partial charge in [0.2, 0.25) is 5.88 Å². The van der Waals surface area contributed by atoms with Crippen molar-refractivity contribution >= 4 is 22.0 Å². The van der Waals surface area contributed by atoms with E-state index in [0.29, 0.717) is 11.3 Å². The first-order valence-electron chi connectivity index (χ1n) is 8.20. The van der Waals surface area contributed by atoms with E-state index < -0.39 is 18.8 Å². The van der Waals surface area contributed by atoms with Crippen molar-refractivity contribution < 1.29 is 27.4 Å². The molecular formula is C18H19BrF3N3O3. The van der Waals surface area contributed by atoms with E-state index in [1.165, 1.54) is 18.3 Å². The van der Waals surface area contributed by atoms with Crippen LogP contribution in [0.4, 0.5) is 18.0 Å². The van der Waals surface area contributed by atoms with Gasteiger partial charge in [-0.25, -0.2) is 9.78 Å². The summed E-state index contributed by atoms with van der Waals surface area (Å²) in [5, 5.41) is 5.46. The summed E-state index contributed by atoms with van der Waals surface area (Å²) in [6.07, 6.45) is -3.08. The Balaban J connectivity index is 1.82. The molecule has 0 aliphatic carbocycles. The number of carbonyl (C=O) groups is 1. The number of rotatable bonds is 7. The summed E-state index contributed by atoms with van der Waals surface area (Å²) < 4.78 is 46.8. The van der Waals surface area contributed by atoms with Crippen LogP contribution in [0, 0.1) is 0 Å². The maximum atomic E-state index is 12.1. The normalized spacial score (nSPS) is 12.2. The molecule has 0 aliphatic heterocycles. The average molecular weight is 462 g/mol. The molecular weight excluding hydrogens is 443 g/mol. The Kier molecular flexibility index (Phi) is 7.50. The molecule has 6 nitrogen and oxygen atoms in total. The van der Waals surface area contributed by atoms with Crippen molar-refractivity contribution in [2.45, 2.75) is 25.7 Å². The highest BCUT2D eigenvalue weighted by Gasteiger charge is 2.28. The van der Waals surface area contributed by atoms with Crippen molar-refractivity contribution in [2.75, 3.05) is 13.7 Å². The maximum absolute atomic E-state index is 12.1. The lowest BCUT2D eigenvalue weighted by atomic mass is 10.1. The molecule has 1 atom stereocenters. The van der Waals surface area contributed by atoms with Gasteiger partial charge in [-0.05, 0) is 46.1 Å². The van der Waals surface area contributed by atoms with Crippen LogP contribution in [0.1, 0.15) is 24.1 Å². The van der Waals surface area contributed by atoms with Gasteiger partial charge in [0.05, 0.1) is 17.6 Å². The fraction of sp³-hybridized carbons (Fsp3) is 0.333. The fourth-order valence-corrected chi connectivity index (χ4v) is 2.78. The van der Waals surface area contributed by atoms with Gasteiger partial charge in [-0.2, -0.15) is 13.2 Å². The molecule has 0 aliphatic rings. The van der Waals surface area contributed by atoms with Crippen molar-refractivity contribution in [1.29, 1.82) is 0 Å². The first-order valence-corrected chi connectivity index (χ1v) is 8.99. The molecule has 1 aromatic heterocycles.